The Morgan fingerprint density at radius 1 is 1.22 bits per heavy atom. The summed E-state index contributed by atoms with van der Waals surface area (Å²) in [5.74, 6) is -2.95. The molecule has 0 bridgehead atoms. The first-order valence-corrected chi connectivity index (χ1v) is 4.94. The molecule has 1 aromatic carbocycles. The molecule has 0 aliphatic rings. The fourth-order valence-corrected chi connectivity index (χ4v) is 1.43. The quantitative estimate of drug-likeness (QED) is 0.879. The van der Waals surface area contributed by atoms with E-state index in [9.17, 15) is 18.0 Å². The first kappa shape index (κ1) is 12.2. The van der Waals surface area contributed by atoms with E-state index in [1.165, 1.54) is 6.07 Å². The molecule has 0 radical (unpaired) electrons. The van der Waals surface area contributed by atoms with Crippen LogP contribution < -0.4 is 11.4 Å². The predicted octanol–water partition coefficient (Wildman–Crippen LogP) is 1.29. The first-order valence-electron chi connectivity index (χ1n) is 4.94. The zero-order chi connectivity index (χ0) is 13.3. The van der Waals surface area contributed by atoms with E-state index < -0.39 is 29.0 Å². The van der Waals surface area contributed by atoms with Crippen molar-refractivity contribution in [3.8, 4) is 0 Å². The standard InChI is InChI=1S/C11H8F3N3O/c12-7-2-1-6(8(13)3-7)4-17-5-9(14)10(15)16-11(17)18/h1-3,5H,4H2,(H2,15,16,18). The van der Waals surface area contributed by atoms with Gasteiger partial charge in [-0.15, -0.1) is 0 Å². The maximum absolute atomic E-state index is 13.4. The van der Waals surface area contributed by atoms with Gasteiger partial charge in [0.2, 0.25) is 0 Å². The minimum Gasteiger partial charge on any atom is -0.381 e. The van der Waals surface area contributed by atoms with Gasteiger partial charge in [-0.2, -0.15) is 4.98 Å². The molecular formula is C11H8F3N3O. The van der Waals surface area contributed by atoms with Crippen LogP contribution in [0.3, 0.4) is 0 Å². The molecule has 2 aromatic rings. The lowest BCUT2D eigenvalue weighted by Crippen LogP contribution is -2.25. The van der Waals surface area contributed by atoms with Crippen molar-refractivity contribution in [3.05, 3.63) is 57.9 Å². The molecule has 0 saturated carbocycles. The van der Waals surface area contributed by atoms with Crippen molar-refractivity contribution in [2.24, 2.45) is 0 Å². The van der Waals surface area contributed by atoms with Gasteiger partial charge in [-0.1, -0.05) is 6.07 Å². The van der Waals surface area contributed by atoms with E-state index in [0.717, 1.165) is 16.8 Å². The van der Waals surface area contributed by atoms with E-state index in [4.69, 9.17) is 5.73 Å². The molecule has 18 heavy (non-hydrogen) atoms. The predicted molar refractivity (Wildman–Crippen MR) is 58.3 cm³/mol. The highest BCUT2D eigenvalue weighted by Crippen LogP contribution is 2.11. The Kier molecular flexibility index (Phi) is 3.05. The van der Waals surface area contributed by atoms with Crippen LogP contribution in [0.5, 0.6) is 0 Å². The van der Waals surface area contributed by atoms with E-state index in [0.29, 0.717) is 6.07 Å². The second-order valence-corrected chi connectivity index (χ2v) is 3.62. The van der Waals surface area contributed by atoms with Crippen LogP contribution in [0.15, 0.2) is 29.2 Å². The zero-order valence-electron chi connectivity index (χ0n) is 9.03. The van der Waals surface area contributed by atoms with Crippen molar-refractivity contribution in [1.29, 1.82) is 0 Å². The van der Waals surface area contributed by atoms with Gasteiger partial charge < -0.3 is 5.73 Å². The van der Waals surface area contributed by atoms with Gasteiger partial charge in [0.15, 0.2) is 11.6 Å². The van der Waals surface area contributed by atoms with Gasteiger partial charge in [0.05, 0.1) is 6.54 Å². The fourth-order valence-electron chi connectivity index (χ4n) is 1.43. The molecule has 0 aliphatic carbocycles. The number of nitrogen functional groups attached to an aromatic ring is 1. The molecule has 1 aromatic heterocycles. The summed E-state index contributed by atoms with van der Waals surface area (Å²) in [6, 6.07) is 2.90. The summed E-state index contributed by atoms with van der Waals surface area (Å²) in [5.41, 5.74) is 4.35. The number of rotatable bonds is 2. The third-order valence-corrected chi connectivity index (χ3v) is 2.33. The van der Waals surface area contributed by atoms with E-state index in [2.05, 4.69) is 4.98 Å². The molecule has 0 unspecified atom stereocenters. The minimum absolute atomic E-state index is 0.0458. The summed E-state index contributed by atoms with van der Waals surface area (Å²) >= 11 is 0. The lowest BCUT2D eigenvalue weighted by atomic mass is 10.2. The second kappa shape index (κ2) is 4.52. The number of hydrogen-bond donors (Lipinski definition) is 1. The van der Waals surface area contributed by atoms with Crippen molar-refractivity contribution in [2.45, 2.75) is 6.54 Å². The first-order chi connectivity index (χ1) is 8.47. The number of halogens is 3. The largest absolute Gasteiger partial charge is 0.381 e. The molecule has 94 valence electrons. The third kappa shape index (κ3) is 2.34. The highest BCUT2D eigenvalue weighted by Gasteiger charge is 2.09. The number of benzene rings is 1. The molecule has 0 fully saturated rings. The van der Waals surface area contributed by atoms with E-state index in [1.807, 2.05) is 0 Å². The SMILES string of the molecule is Nc1nc(=O)n(Cc2ccc(F)cc2F)cc1F. The minimum atomic E-state index is -0.878. The van der Waals surface area contributed by atoms with Crippen LogP contribution >= 0.6 is 0 Å². The normalized spacial score (nSPS) is 10.6. The number of aromatic nitrogens is 2. The molecule has 1 heterocycles. The molecule has 2 rings (SSSR count). The Labute approximate surface area is 99.5 Å². The second-order valence-electron chi connectivity index (χ2n) is 3.62. The van der Waals surface area contributed by atoms with E-state index in [-0.39, 0.29) is 12.1 Å². The van der Waals surface area contributed by atoms with Gasteiger partial charge in [0.1, 0.15) is 11.6 Å². The van der Waals surface area contributed by atoms with Gasteiger partial charge in [0, 0.05) is 17.8 Å². The highest BCUT2D eigenvalue weighted by molar-refractivity contribution is 5.27. The highest BCUT2D eigenvalue weighted by atomic mass is 19.1. The van der Waals surface area contributed by atoms with Crippen LogP contribution in [0.25, 0.3) is 0 Å². The Bertz CT molecular complexity index is 654. The summed E-state index contributed by atoms with van der Waals surface area (Å²) < 4.78 is 40.0. The zero-order valence-corrected chi connectivity index (χ0v) is 9.03. The number of hydrogen-bond acceptors (Lipinski definition) is 3. The van der Waals surface area contributed by atoms with Crippen LogP contribution in [0.2, 0.25) is 0 Å². The smallest absolute Gasteiger partial charge is 0.350 e. The third-order valence-electron chi connectivity index (χ3n) is 2.33. The average Bonchev–Trinajstić information content (AvgIpc) is 2.29. The van der Waals surface area contributed by atoms with E-state index in [1.54, 1.807) is 0 Å². The van der Waals surface area contributed by atoms with Crippen molar-refractivity contribution in [3.63, 3.8) is 0 Å². The summed E-state index contributed by atoms with van der Waals surface area (Å²) in [4.78, 5) is 14.6. The molecule has 0 atom stereocenters. The Morgan fingerprint density at radius 2 is 1.94 bits per heavy atom. The molecular weight excluding hydrogens is 247 g/mol. The summed E-state index contributed by atoms with van der Waals surface area (Å²) in [6.45, 7) is -0.255. The fraction of sp³-hybridized carbons (Fsp3) is 0.0909. The Morgan fingerprint density at radius 3 is 2.61 bits per heavy atom. The molecule has 0 aliphatic heterocycles. The molecule has 2 N–H and O–H groups in total. The maximum atomic E-state index is 13.4. The lowest BCUT2D eigenvalue weighted by Gasteiger charge is -2.07. The molecule has 4 nitrogen and oxygen atoms in total. The Hall–Kier alpha value is -2.31. The molecule has 0 spiro atoms. The van der Waals surface area contributed by atoms with Crippen LogP contribution in [0, 0.1) is 17.5 Å². The van der Waals surface area contributed by atoms with Gasteiger partial charge in [0.25, 0.3) is 0 Å². The van der Waals surface area contributed by atoms with Crippen molar-refractivity contribution in [1.82, 2.24) is 9.55 Å². The maximum Gasteiger partial charge on any atom is 0.350 e. The van der Waals surface area contributed by atoms with Crippen molar-refractivity contribution in [2.75, 3.05) is 5.73 Å². The molecule has 0 amide bonds. The van der Waals surface area contributed by atoms with Crippen LogP contribution in [0.1, 0.15) is 5.56 Å². The van der Waals surface area contributed by atoms with Gasteiger partial charge in [-0.3, -0.25) is 4.57 Å². The number of anilines is 1. The molecule has 0 saturated heterocycles. The van der Waals surface area contributed by atoms with Gasteiger partial charge in [-0.25, -0.2) is 18.0 Å². The Balaban J connectivity index is 2.40. The van der Waals surface area contributed by atoms with Crippen molar-refractivity contribution >= 4 is 5.82 Å². The van der Waals surface area contributed by atoms with Gasteiger partial charge >= 0.3 is 5.69 Å². The van der Waals surface area contributed by atoms with Crippen LogP contribution in [0.4, 0.5) is 19.0 Å². The lowest BCUT2D eigenvalue weighted by molar-refractivity contribution is 0.552. The average molecular weight is 255 g/mol. The van der Waals surface area contributed by atoms with Crippen LogP contribution in [-0.4, -0.2) is 9.55 Å². The molecule has 7 heteroatoms. The van der Waals surface area contributed by atoms with Crippen molar-refractivity contribution < 1.29 is 13.2 Å². The monoisotopic (exact) mass is 255 g/mol. The summed E-state index contributed by atoms with van der Waals surface area (Å²) in [6.07, 6.45) is 0.827. The summed E-state index contributed by atoms with van der Waals surface area (Å²) in [5, 5.41) is 0. The van der Waals surface area contributed by atoms with Gasteiger partial charge in [-0.05, 0) is 6.07 Å². The topological polar surface area (TPSA) is 60.9 Å². The number of nitrogens with zero attached hydrogens (tertiary/aromatic N) is 2. The number of nitrogens with two attached hydrogens (primary N) is 1. The van der Waals surface area contributed by atoms with Crippen LogP contribution in [-0.2, 0) is 6.54 Å². The van der Waals surface area contributed by atoms with E-state index >= 15 is 0 Å². The summed E-state index contributed by atoms with van der Waals surface area (Å²) in [7, 11) is 0.